The van der Waals surface area contributed by atoms with Gasteiger partial charge in [0.15, 0.2) is 5.78 Å². The molecule has 0 spiro atoms. The molecule has 0 radical (unpaired) electrons. The lowest BCUT2D eigenvalue weighted by molar-refractivity contribution is 0.104. The number of carbonyl (C=O) groups is 1. The summed E-state index contributed by atoms with van der Waals surface area (Å²) >= 11 is 3.41. The second-order valence-electron chi connectivity index (χ2n) is 6.22. The van der Waals surface area contributed by atoms with Crippen molar-refractivity contribution in [3.8, 4) is 23.0 Å². The molecule has 0 saturated heterocycles. The second kappa shape index (κ2) is 9.30. The molecule has 0 amide bonds. The zero-order valence-corrected chi connectivity index (χ0v) is 17.2. The molecular weight excluding hydrogens is 436 g/mol. The van der Waals surface area contributed by atoms with E-state index in [-0.39, 0.29) is 22.8 Å². The minimum absolute atomic E-state index is 0.103. The molecule has 0 aliphatic rings. The highest BCUT2D eigenvalue weighted by atomic mass is 79.9. The topological polar surface area (TPSA) is 76.0 Å². The minimum Gasteiger partial charge on any atom is -0.508 e. The Bertz CT molecular complexity index is 1060. The number of phenolic OH excluding ortho intramolecular Hbond substituents is 2. The van der Waals surface area contributed by atoms with Crippen LogP contribution < -0.4 is 9.47 Å². The van der Waals surface area contributed by atoms with Crippen molar-refractivity contribution < 1.29 is 24.5 Å². The number of carbonyl (C=O) groups excluding carboxylic acids is 1. The molecule has 0 aromatic heterocycles. The molecule has 6 heteroatoms. The number of benzene rings is 3. The first kappa shape index (κ1) is 20.5. The molecule has 148 valence electrons. The maximum Gasteiger partial charge on any atom is 0.189 e. The Kier molecular flexibility index (Phi) is 6.57. The number of methoxy groups -OCH3 is 1. The van der Waals surface area contributed by atoms with Crippen molar-refractivity contribution in [2.45, 2.75) is 6.61 Å². The summed E-state index contributed by atoms with van der Waals surface area (Å²) in [5.41, 5.74) is 1.73. The number of hydrogen-bond acceptors (Lipinski definition) is 5. The van der Waals surface area contributed by atoms with E-state index in [0.29, 0.717) is 12.4 Å². The van der Waals surface area contributed by atoms with E-state index in [1.807, 2.05) is 42.5 Å². The molecular formula is C23H19BrO5. The van der Waals surface area contributed by atoms with Crippen molar-refractivity contribution in [2.75, 3.05) is 7.11 Å². The van der Waals surface area contributed by atoms with Crippen LogP contribution in [0.15, 0.2) is 71.2 Å². The average Bonchev–Trinajstić information content (AvgIpc) is 2.70. The number of rotatable bonds is 7. The maximum atomic E-state index is 12.3. The first-order valence-electron chi connectivity index (χ1n) is 8.76. The largest absolute Gasteiger partial charge is 0.508 e. The lowest BCUT2D eigenvalue weighted by atomic mass is 10.1. The van der Waals surface area contributed by atoms with Gasteiger partial charge in [0.1, 0.15) is 29.6 Å². The van der Waals surface area contributed by atoms with E-state index in [2.05, 4.69) is 15.9 Å². The second-order valence-corrected chi connectivity index (χ2v) is 7.13. The first-order valence-corrected chi connectivity index (χ1v) is 9.55. The van der Waals surface area contributed by atoms with Crippen molar-refractivity contribution in [1.29, 1.82) is 0 Å². The predicted octanol–water partition coefficient (Wildman–Crippen LogP) is 5.34. The quantitative estimate of drug-likeness (QED) is 0.372. The Morgan fingerprint density at radius 2 is 1.90 bits per heavy atom. The van der Waals surface area contributed by atoms with Crippen molar-refractivity contribution in [3.63, 3.8) is 0 Å². The van der Waals surface area contributed by atoms with E-state index in [1.165, 1.54) is 18.2 Å². The van der Waals surface area contributed by atoms with Crippen LogP contribution in [0.2, 0.25) is 0 Å². The SMILES string of the molecule is COc1ccc(/C=C/C(=O)c2ccc(O)cc2O)cc1COc1cccc(Br)c1. The van der Waals surface area contributed by atoms with Crippen LogP contribution in [-0.2, 0) is 6.61 Å². The average molecular weight is 455 g/mol. The lowest BCUT2D eigenvalue weighted by Crippen LogP contribution is -1.99. The summed E-state index contributed by atoms with van der Waals surface area (Å²) in [6, 6.07) is 16.9. The standard InChI is InChI=1S/C23H19BrO5/c1-28-23-10-6-15(5-9-21(26)20-8-7-18(25)13-22(20)27)11-16(23)14-29-19-4-2-3-17(24)12-19/h2-13,25,27H,14H2,1H3/b9-5+. The molecule has 0 aliphatic carbocycles. The highest BCUT2D eigenvalue weighted by molar-refractivity contribution is 9.10. The van der Waals surface area contributed by atoms with E-state index >= 15 is 0 Å². The smallest absolute Gasteiger partial charge is 0.189 e. The number of ether oxygens (including phenoxy) is 2. The molecule has 0 heterocycles. The van der Waals surface area contributed by atoms with Crippen molar-refractivity contribution >= 4 is 27.8 Å². The summed E-state index contributed by atoms with van der Waals surface area (Å²) in [5, 5.41) is 19.2. The summed E-state index contributed by atoms with van der Waals surface area (Å²) in [6.45, 7) is 0.300. The van der Waals surface area contributed by atoms with E-state index in [9.17, 15) is 15.0 Å². The predicted molar refractivity (Wildman–Crippen MR) is 115 cm³/mol. The van der Waals surface area contributed by atoms with Crippen LogP contribution >= 0.6 is 15.9 Å². The zero-order chi connectivity index (χ0) is 20.8. The first-order chi connectivity index (χ1) is 14.0. The molecule has 0 atom stereocenters. The third-order valence-corrected chi connectivity index (χ3v) is 4.66. The number of ketones is 1. The van der Waals surface area contributed by atoms with Gasteiger partial charge in [0.25, 0.3) is 0 Å². The molecule has 2 N–H and O–H groups in total. The highest BCUT2D eigenvalue weighted by Crippen LogP contribution is 2.26. The number of halogens is 1. The number of phenols is 2. The van der Waals surface area contributed by atoms with Crippen molar-refractivity contribution in [3.05, 3.63) is 87.9 Å². The van der Waals surface area contributed by atoms with Gasteiger partial charge in [0.2, 0.25) is 0 Å². The van der Waals surface area contributed by atoms with Crippen molar-refractivity contribution in [1.82, 2.24) is 0 Å². The van der Waals surface area contributed by atoms with Gasteiger partial charge in [-0.15, -0.1) is 0 Å². The fourth-order valence-corrected chi connectivity index (χ4v) is 3.10. The Morgan fingerprint density at radius 1 is 1.07 bits per heavy atom. The summed E-state index contributed by atoms with van der Waals surface area (Å²) in [6.07, 6.45) is 3.02. The Morgan fingerprint density at radius 3 is 2.62 bits per heavy atom. The summed E-state index contributed by atoms with van der Waals surface area (Å²) in [4.78, 5) is 12.3. The molecule has 0 fully saturated rings. The van der Waals surface area contributed by atoms with Crippen LogP contribution in [0.5, 0.6) is 23.0 Å². The molecule has 0 aliphatic heterocycles. The molecule has 3 aromatic carbocycles. The van der Waals surface area contributed by atoms with Crippen LogP contribution in [0.4, 0.5) is 0 Å². The van der Waals surface area contributed by atoms with E-state index < -0.39 is 0 Å². The summed E-state index contributed by atoms with van der Waals surface area (Å²) in [7, 11) is 1.59. The van der Waals surface area contributed by atoms with E-state index in [0.717, 1.165) is 27.4 Å². The van der Waals surface area contributed by atoms with Gasteiger partial charge >= 0.3 is 0 Å². The fourth-order valence-electron chi connectivity index (χ4n) is 2.72. The fraction of sp³-hybridized carbons (Fsp3) is 0.0870. The third kappa shape index (κ3) is 5.39. The lowest BCUT2D eigenvalue weighted by Gasteiger charge is -2.11. The molecule has 0 saturated carbocycles. The number of allylic oxidation sites excluding steroid dienone is 1. The van der Waals surface area contributed by atoms with Gasteiger partial charge in [-0.3, -0.25) is 4.79 Å². The van der Waals surface area contributed by atoms with Crippen LogP contribution in [-0.4, -0.2) is 23.1 Å². The maximum absolute atomic E-state index is 12.3. The van der Waals surface area contributed by atoms with Crippen LogP contribution in [0.3, 0.4) is 0 Å². The van der Waals surface area contributed by atoms with Gasteiger partial charge in [-0.2, -0.15) is 0 Å². The zero-order valence-electron chi connectivity index (χ0n) is 15.6. The molecule has 0 unspecified atom stereocenters. The van der Waals surface area contributed by atoms with Gasteiger partial charge < -0.3 is 19.7 Å². The van der Waals surface area contributed by atoms with Gasteiger partial charge in [-0.1, -0.05) is 34.1 Å². The molecule has 3 aromatic rings. The van der Waals surface area contributed by atoms with Crippen molar-refractivity contribution in [2.24, 2.45) is 0 Å². The monoisotopic (exact) mass is 454 g/mol. The number of hydrogen-bond donors (Lipinski definition) is 2. The van der Waals surface area contributed by atoms with E-state index in [1.54, 1.807) is 13.2 Å². The van der Waals surface area contributed by atoms with Crippen LogP contribution in [0.25, 0.3) is 6.08 Å². The van der Waals surface area contributed by atoms with Gasteiger partial charge in [0, 0.05) is 16.1 Å². The minimum atomic E-state index is -0.370. The molecule has 0 bridgehead atoms. The molecule has 29 heavy (non-hydrogen) atoms. The highest BCUT2D eigenvalue weighted by Gasteiger charge is 2.09. The van der Waals surface area contributed by atoms with E-state index in [4.69, 9.17) is 9.47 Å². The van der Waals surface area contributed by atoms with Gasteiger partial charge in [0.05, 0.1) is 12.7 Å². The van der Waals surface area contributed by atoms with Gasteiger partial charge in [-0.25, -0.2) is 0 Å². The molecule has 3 rings (SSSR count). The summed E-state index contributed by atoms with van der Waals surface area (Å²) in [5.74, 6) is 0.663. The van der Waals surface area contributed by atoms with Crippen LogP contribution in [0, 0.1) is 0 Å². The third-order valence-electron chi connectivity index (χ3n) is 4.17. The van der Waals surface area contributed by atoms with Gasteiger partial charge in [-0.05, 0) is 54.1 Å². The Labute approximate surface area is 177 Å². The van der Waals surface area contributed by atoms with Crippen LogP contribution in [0.1, 0.15) is 21.5 Å². The normalized spacial score (nSPS) is 10.8. The summed E-state index contributed by atoms with van der Waals surface area (Å²) < 4.78 is 12.2. The Hall–Kier alpha value is -3.25. The Balaban J connectivity index is 1.76. The number of aromatic hydroxyl groups is 2. The molecule has 5 nitrogen and oxygen atoms in total.